The van der Waals surface area contributed by atoms with E-state index in [0.29, 0.717) is 0 Å². The molecule has 0 saturated heterocycles. The summed E-state index contributed by atoms with van der Waals surface area (Å²) in [7, 11) is 0. The zero-order chi connectivity index (χ0) is 8.77. The van der Waals surface area contributed by atoms with Crippen LogP contribution < -0.4 is 0 Å². The lowest BCUT2D eigenvalue weighted by molar-refractivity contribution is 0.0375. The molecule has 12 heavy (non-hydrogen) atoms. The third kappa shape index (κ3) is 1.03. The lowest BCUT2D eigenvalue weighted by Crippen LogP contribution is -2.34. The molecule has 1 saturated carbocycles. The molecule has 0 bridgehead atoms. The summed E-state index contributed by atoms with van der Waals surface area (Å²) in [4.78, 5) is 0. The van der Waals surface area contributed by atoms with Crippen molar-refractivity contribution in [3.05, 3.63) is 11.6 Å². The third-order valence-electron chi connectivity index (χ3n) is 3.94. The molecule has 0 aromatic heterocycles. The highest BCUT2D eigenvalue weighted by Crippen LogP contribution is 2.51. The molecular weight excluding hydrogens is 148 g/mol. The first-order chi connectivity index (χ1) is 5.63. The summed E-state index contributed by atoms with van der Waals surface area (Å²) in [5.74, 6) is 0.748. The second-order valence-corrected chi connectivity index (χ2v) is 4.75. The first kappa shape index (κ1) is 8.31. The van der Waals surface area contributed by atoms with Gasteiger partial charge in [0.1, 0.15) is 0 Å². The average molecular weight is 166 g/mol. The van der Waals surface area contributed by atoms with Gasteiger partial charge in [-0.3, -0.25) is 0 Å². The van der Waals surface area contributed by atoms with E-state index in [1.165, 1.54) is 18.4 Å². The van der Waals surface area contributed by atoms with Crippen LogP contribution in [0.2, 0.25) is 0 Å². The van der Waals surface area contributed by atoms with Crippen LogP contribution in [0.1, 0.15) is 39.5 Å². The van der Waals surface area contributed by atoms with Gasteiger partial charge in [-0.2, -0.15) is 0 Å². The fraction of sp³-hybridized carbons (Fsp3) is 0.818. The van der Waals surface area contributed by atoms with Crippen LogP contribution in [0.5, 0.6) is 0 Å². The van der Waals surface area contributed by atoms with Crippen molar-refractivity contribution in [1.29, 1.82) is 0 Å². The van der Waals surface area contributed by atoms with Crippen molar-refractivity contribution < 1.29 is 5.11 Å². The fourth-order valence-corrected chi connectivity index (χ4v) is 2.79. The van der Waals surface area contributed by atoms with E-state index in [1.54, 1.807) is 0 Å². The van der Waals surface area contributed by atoms with Gasteiger partial charge in [-0.25, -0.2) is 0 Å². The first-order valence-corrected chi connectivity index (χ1v) is 4.96. The highest BCUT2D eigenvalue weighted by molar-refractivity contribution is 5.13. The minimum Gasteiger partial charge on any atom is -0.393 e. The van der Waals surface area contributed by atoms with E-state index < -0.39 is 0 Å². The van der Waals surface area contributed by atoms with Crippen LogP contribution in [-0.4, -0.2) is 11.2 Å². The van der Waals surface area contributed by atoms with Crippen molar-refractivity contribution in [2.75, 3.05) is 0 Å². The standard InChI is InChI=1S/C11H18O/c1-8-5-6-11(2)9(7-8)3-4-10(11)12/h5,9-10,12H,3-4,6-7H2,1-2H3/t9-,10-,11+/m0/s1. The quantitative estimate of drug-likeness (QED) is 0.548. The van der Waals surface area contributed by atoms with Gasteiger partial charge in [-0.1, -0.05) is 18.6 Å². The van der Waals surface area contributed by atoms with Crippen LogP contribution in [-0.2, 0) is 0 Å². The van der Waals surface area contributed by atoms with Gasteiger partial charge < -0.3 is 5.11 Å². The van der Waals surface area contributed by atoms with E-state index in [9.17, 15) is 5.11 Å². The average Bonchev–Trinajstić information content (AvgIpc) is 2.31. The number of fused-ring (bicyclic) bond motifs is 1. The Bertz CT molecular complexity index is 219. The summed E-state index contributed by atoms with van der Waals surface area (Å²) < 4.78 is 0. The Balaban J connectivity index is 2.24. The molecule has 0 aromatic carbocycles. The van der Waals surface area contributed by atoms with E-state index in [0.717, 1.165) is 18.8 Å². The lowest BCUT2D eigenvalue weighted by atomic mass is 9.69. The molecule has 2 aliphatic carbocycles. The molecule has 1 nitrogen and oxygen atoms in total. The Labute approximate surface area is 74.5 Å². The van der Waals surface area contributed by atoms with E-state index in [1.807, 2.05) is 0 Å². The molecule has 1 fully saturated rings. The third-order valence-corrected chi connectivity index (χ3v) is 3.94. The lowest BCUT2D eigenvalue weighted by Gasteiger charge is -2.37. The van der Waals surface area contributed by atoms with Crippen LogP contribution in [0.3, 0.4) is 0 Å². The molecule has 0 spiro atoms. The Morgan fingerprint density at radius 3 is 3.00 bits per heavy atom. The second-order valence-electron chi connectivity index (χ2n) is 4.75. The van der Waals surface area contributed by atoms with Crippen LogP contribution in [0.4, 0.5) is 0 Å². The van der Waals surface area contributed by atoms with Gasteiger partial charge in [0, 0.05) is 5.41 Å². The van der Waals surface area contributed by atoms with Gasteiger partial charge in [0.15, 0.2) is 0 Å². The molecular formula is C11H18O. The minimum atomic E-state index is -0.0492. The number of aliphatic hydroxyl groups excluding tert-OH is 1. The molecule has 3 atom stereocenters. The highest BCUT2D eigenvalue weighted by atomic mass is 16.3. The van der Waals surface area contributed by atoms with Gasteiger partial charge in [-0.05, 0) is 38.5 Å². The van der Waals surface area contributed by atoms with Crippen LogP contribution in [0, 0.1) is 11.3 Å². The van der Waals surface area contributed by atoms with Gasteiger partial charge in [0.05, 0.1) is 6.10 Å². The van der Waals surface area contributed by atoms with Crippen molar-refractivity contribution in [2.24, 2.45) is 11.3 Å². The van der Waals surface area contributed by atoms with Gasteiger partial charge in [0.2, 0.25) is 0 Å². The van der Waals surface area contributed by atoms with Crippen molar-refractivity contribution in [1.82, 2.24) is 0 Å². The normalized spacial score (nSPS) is 47.1. The molecule has 0 aliphatic heterocycles. The molecule has 0 aromatic rings. The zero-order valence-electron chi connectivity index (χ0n) is 8.01. The molecule has 0 heterocycles. The van der Waals surface area contributed by atoms with Crippen molar-refractivity contribution in [3.63, 3.8) is 0 Å². The fourth-order valence-electron chi connectivity index (χ4n) is 2.79. The summed E-state index contributed by atoms with van der Waals surface area (Å²) in [5, 5.41) is 9.84. The van der Waals surface area contributed by atoms with E-state index in [4.69, 9.17) is 0 Å². The minimum absolute atomic E-state index is 0.0492. The summed E-state index contributed by atoms with van der Waals surface area (Å²) in [6, 6.07) is 0. The van der Waals surface area contributed by atoms with Gasteiger partial charge >= 0.3 is 0 Å². The Hall–Kier alpha value is -0.300. The largest absolute Gasteiger partial charge is 0.393 e. The molecule has 68 valence electrons. The molecule has 1 heteroatoms. The molecule has 0 unspecified atom stereocenters. The molecule has 0 radical (unpaired) electrons. The van der Waals surface area contributed by atoms with Crippen molar-refractivity contribution in [3.8, 4) is 0 Å². The van der Waals surface area contributed by atoms with Crippen LogP contribution >= 0.6 is 0 Å². The number of allylic oxidation sites excluding steroid dienone is 2. The zero-order valence-corrected chi connectivity index (χ0v) is 8.01. The highest BCUT2D eigenvalue weighted by Gasteiger charge is 2.46. The monoisotopic (exact) mass is 166 g/mol. The maximum Gasteiger partial charge on any atom is 0.0599 e. The second kappa shape index (κ2) is 2.59. The topological polar surface area (TPSA) is 20.2 Å². The number of hydrogen-bond donors (Lipinski definition) is 1. The van der Waals surface area contributed by atoms with Gasteiger partial charge in [0.25, 0.3) is 0 Å². The van der Waals surface area contributed by atoms with E-state index in [-0.39, 0.29) is 11.5 Å². The van der Waals surface area contributed by atoms with Gasteiger partial charge in [-0.15, -0.1) is 0 Å². The first-order valence-electron chi connectivity index (χ1n) is 4.96. The predicted molar refractivity (Wildman–Crippen MR) is 49.8 cm³/mol. The number of aliphatic hydroxyl groups is 1. The molecule has 2 rings (SSSR count). The summed E-state index contributed by atoms with van der Waals surface area (Å²) >= 11 is 0. The Kier molecular flexibility index (Phi) is 1.80. The number of hydrogen-bond acceptors (Lipinski definition) is 1. The maximum absolute atomic E-state index is 9.84. The van der Waals surface area contributed by atoms with Crippen LogP contribution in [0.15, 0.2) is 11.6 Å². The SMILES string of the molecule is CC1=CC[C@]2(C)[C@@H](CC[C@@H]2O)C1. The molecule has 1 N–H and O–H groups in total. The van der Waals surface area contributed by atoms with E-state index in [2.05, 4.69) is 19.9 Å². The smallest absolute Gasteiger partial charge is 0.0599 e. The summed E-state index contributed by atoms with van der Waals surface area (Å²) in [6.45, 7) is 4.46. The maximum atomic E-state index is 9.84. The van der Waals surface area contributed by atoms with Crippen molar-refractivity contribution >= 4 is 0 Å². The Morgan fingerprint density at radius 1 is 1.50 bits per heavy atom. The molecule has 0 amide bonds. The van der Waals surface area contributed by atoms with Crippen LogP contribution in [0.25, 0.3) is 0 Å². The van der Waals surface area contributed by atoms with Crippen molar-refractivity contribution in [2.45, 2.75) is 45.6 Å². The Morgan fingerprint density at radius 2 is 2.25 bits per heavy atom. The summed E-state index contributed by atoms with van der Waals surface area (Å²) in [6.07, 6.45) is 6.81. The predicted octanol–water partition coefficient (Wildman–Crippen LogP) is 2.50. The summed E-state index contributed by atoms with van der Waals surface area (Å²) in [5.41, 5.74) is 1.73. The number of rotatable bonds is 0. The van der Waals surface area contributed by atoms with E-state index >= 15 is 0 Å². The molecule has 2 aliphatic rings.